The number of hydrogen-bond donors (Lipinski definition) is 4. The van der Waals surface area contributed by atoms with Crippen LogP contribution < -0.4 is 20.9 Å². The van der Waals surface area contributed by atoms with Gasteiger partial charge in [0.05, 0.1) is 9.79 Å². The molecule has 8 N–H and O–H groups in total. The van der Waals surface area contributed by atoms with Crippen molar-refractivity contribution in [3.63, 3.8) is 0 Å². The van der Waals surface area contributed by atoms with Crippen LogP contribution in [0.2, 0.25) is 0 Å². The normalized spacial score (nSPS) is 11.0. The van der Waals surface area contributed by atoms with Crippen molar-refractivity contribution in [3.05, 3.63) is 83.4 Å². The number of nitrogen functional groups attached to an aromatic ring is 2. The van der Waals surface area contributed by atoms with E-state index in [0.717, 1.165) is 0 Å². The average molecular weight is 587 g/mol. The molecule has 0 saturated carbocycles. The Morgan fingerprint density at radius 3 is 1.05 bits per heavy atom. The molecule has 0 saturated heterocycles. The molecule has 13 nitrogen and oxygen atoms in total. The van der Waals surface area contributed by atoms with Crippen LogP contribution >= 0.6 is 0 Å². The molecule has 39 heavy (non-hydrogen) atoms. The molecule has 4 rings (SSSR count). The van der Waals surface area contributed by atoms with E-state index in [0.29, 0.717) is 34.2 Å². The zero-order valence-electron chi connectivity index (χ0n) is 21.7. The zero-order valence-corrected chi connectivity index (χ0v) is 23.3. The molecule has 0 atom stereocenters. The number of rotatable bonds is 6. The van der Waals surface area contributed by atoms with Gasteiger partial charge in [-0.1, -0.05) is 0 Å². The highest BCUT2D eigenvalue weighted by molar-refractivity contribution is 7.93. The van der Waals surface area contributed by atoms with Gasteiger partial charge in [-0.2, -0.15) is 0 Å². The number of aryl methyl sites for hydroxylation is 4. The summed E-state index contributed by atoms with van der Waals surface area (Å²) in [6.45, 7) is 7.09. The number of anilines is 4. The molecule has 2 heterocycles. The third-order valence-corrected chi connectivity index (χ3v) is 7.48. The topological polar surface area (TPSA) is 227 Å². The van der Waals surface area contributed by atoms with Crippen molar-refractivity contribution in [2.45, 2.75) is 37.5 Å². The summed E-state index contributed by atoms with van der Waals surface area (Å²) in [5, 5.41) is 0. The van der Waals surface area contributed by atoms with Gasteiger partial charge in [-0.3, -0.25) is 0 Å². The van der Waals surface area contributed by atoms with Crippen LogP contribution in [0.1, 0.15) is 22.8 Å². The first kappa shape index (κ1) is 30.9. The number of benzene rings is 2. The van der Waals surface area contributed by atoms with Crippen LogP contribution in [-0.2, 0) is 20.0 Å². The fourth-order valence-electron chi connectivity index (χ4n) is 3.20. The Morgan fingerprint density at radius 2 is 0.795 bits per heavy atom. The third-order valence-electron chi connectivity index (χ3n) is 4.80. The summed E-state index contributed by atoms with van der Waals surface area (Å²) in [7, 11) is -7.39. The lowest BCUT2D eigenvalue weighted by Gasteiger charge is -2.08. The summed E-state index contributed by atoms with van der Waals surface area (Å²) in [4.78, 5) is 16.4. The number of sulfonamides is 2. The summed E-state index contributed by atoms with van der Waals surface area (Å²) in [6.07, 6.45) is 0. The monoisotopic (exact) mass is 586 g/mol. The van der Waals surface area contributed by atoms with Gasteiger partial charge in [-0.05, 0) is 88.4 Å². The first-order chi connectivity index (χ1) is 17.7. The van der Waals surface area contributed by atoms with Crippen LogP contribution in [0, 0.1) is 27.7 Å². The standard InChI is InChI=1S/2C12H14N4O2S.H2O/c2*1-8-7-9(2)15-12(14-8)16-19(17,18)11-5-3-10(13)4-6-11;/h2*3-7H,13H2,1-2H3,(H,14,15,16);1H2/i2*3+1,4+1,5+1,6+1,10+1,11+1;. The maximum Gasteiger partial charge on any atom is 0.264 e. The fourth-order valence-corrected chi connectivity index (χ4v) is 5.08. The second kappa shape index (κ2) is 12.5. The van der Waals surface area contributed by atoms with Gasteiger partial charge < -0.3 is 16.9 Å². The van der Waals surface area contributed by atoms with Crippen molar-refractivity contribution in [1.82, 2.24) is 19.9 Å². The lowest BCUT2D eigenvalue weighted by Crippen LogP contribution is -2.15. The Kier molecular flexibility index (Phi) is 9.87. The molecule has 2 aromatic heterocycles. The highest BCUT2D eigenvalue weighted by Crippen LogP contribution is 2.16. The number of nitrogens with one attached hydrogen (secondary N) is 2. The van der Waals surface area contributed by atoms with E-state index in [9.17, 15) is 16.8 Å². The molecule has 0 radical (unpaired) electrons. The Labute approximate surface area is 227 Å². The second-order valence-electron chi connectivity index (χ2n) is 8.30. The van der Waals surface area contributed by atoms with E-state index in [4.69, 9.17) is 11.5 Å². The van der Waals surface area contributed by atoms with E-state index >= 15 is 0 Å². The van der Waals surface area contributed by atoms with E-state index in [-0.39, 0.29) is 27.2 Å². The van der Waals surface area contributed by atoms with Crippen molar-refractivity contribution in [2.75, 3.05) is 20.9 Å². The molecule has 0 aliphatic carbocycles. The summed E-state index contributed by atoms with van der Waals surface area (Å²) in [5.41, 5.74) is 14.8. The number of nitrogens with zero attached hydrogens (tertiary/aromatic N) is 4. The maximum atomic E-state index is 12.1. The Hall–Kier alpha value is -4.34. The average Bonchev–Trinajstić information content (AvgIpc) is 2.78. The predicted molar refractivity (Wildman–Crippen MR) is 150 cm³/mol. The van der Waals surface area contributed by atoms with E-state index < -0.39 is 20.0 Å². The van der Waals surface area contributed by atoms with Crippen molar-refractivity contribution >= 4 is 43.3 Å². The molecule has 15 heteroatoms. The minimum Gasteiger partial charge on any atom is -0.412 e. The van der Waals surface area contributed by atoms with Gasteiger partial charge >= 0.3 is 0 Å². The highest BCUT2D eigenvalue weighted by Gasteiger charge is 2.17. The van der Waals surface area contributed by atoms with Crippen molar-refractivity contribution in [1.29, 1.82) is 0 Å². The molecule has 2 aromatic carbocycles. The fraction of sp³-hybridized carbons (Fsp3) is 0.167. The second-order valence-corrected chi connectivity index (χ2v) is 11.7. The third kappa shape index (κ3) is 8.87. The molecule has 4 aromatic rings. The molecule has 0 bridgehead atoms. The van der Waals surface area contributed by atoms with E-state index in [1.54, 1.807) is 39.8 Å². The molecule has 0 aliphatic rings. The number of hydrogen-bond acceptors (Lipinski definition) is 10. The summed E-state index contributed by atoms with van der Waals surface area (Å²) >= 11 is 0. The summed E-state index contributed by atoms with van der Waals surface area (Å²) in [5.74, 6) is 0.128. The van der Waals surface area contributed by atoms with Crippen LogP contribution in [0.15, 0.2) is 70.5 Å². The summed E-state index contributed by atoms with van der Waals surface area (Å²) in [6, 6.07) is 15.4. The summed E-state index contributed by atoms with van der Waals surface area (Å²) < 4.78 is 53.1. The first-order valence-corrected chi connectivity index (χ1v) is 14.1. The lowest BCUT2D eigenvalue weighted by atomic mass is 10.4. The molecule has 0 aliphatic heterocycles. The van der Waals surface area contributed by atoms with Crippen LogP contribution in [0.3, 0.4) is 0 Å². The SMILES string of the molecule is Cc1cc(C)nc(NS(=O)(=O)[13c]2[13cH][13cH][13c](N)[13cH][13cH]2)n1.Cc1cc(C)nc(NS(=O)(=O)[13c]2[13cH][13cH][13c](N)[13cH][13cH]2)n1.O. The van der Waals surface area contributed by atoms with Crippen LogP contribution in [0.25, 0.3) is 0 Å². The molecule has 0 spiro atoms. The van der Waals surface area contributed by atoms with Gasteiger partial charge in [0.2, 0.25) is 11.9 Å². The molecular formula is C24H30N8O5S2. The van der Waals surface area contributed by atoms with Crippen LogP contribution in [-0.4, -0.2) is 42.2 Å². The molecule has 208 valence electrons. The largest absolute Gasteiger partial charge is 0.412 e. The van der Waals surface area contributed by atoms with Crippen molar-refractivity contribution in [2.24, 2.45) is 0 Å². The predicted octanol–water partition coefficient (Wildman–Crippen LogP) is 2.13. The Morgan fingerprint density at radius 1 is 0.538 bits per heavy atom. The maximum absolute atomic E-state index is 12.1. The molecular weight excluding hydrogens is 556 g/mol. The van der Waals surface area contributed by atoms with Gasteiger partial charge in [-0.25, -0.2) is 46.2 Å². The smallest absolute Gasteiger partial charge is 0.264 e. The van der Waals surface area contributed by atoms with Gasteiger partial charge in [-0.15, -0.1) is 0 Å². The van der Waals surface area contributed by atoms with Crippen LogP contribution in [0.4, 0.5) is 23.3 Å². The number of aromatic nitrogens is 4. The van der Waals surface area contributed by atoms with E-state index in [1.165, 1.54) is 48.5 Å². The van der Waals surface area contributed by atoms with Gasteiger partial charge in [0, 0.05) is 34.2 Å². The van der Waals surface area contributed by atoms with Crippen molar-refractivity contribution < 1.29 is 22.3 Å². The highest BCUT2D eigenvalue weighted by atomic mass is 32.2. The lowest BCUT2D eigenvalue weighted by molar-refractivity contribution is 0.599. The molecule has 0 unspecified atom stereocenters. The minimum atomic E-state index is -3.69. The Balaban J connectivity index is 0.000000267. The van der Waals surface area contributed by atoms with E-state index in [1.807, 2.05) is 0 Å². The molecule has 0 amide bonds. The van der Waals surface area contributed by atoms with Crippen LogP contribution in [0.5, 0.6) is 0 Å². The minimum absolute atomic E-state index is 0. The van der Waals surface area contributed by atoms with Gasteiger partial charge in [0.15, 0.2) is 0 Å². The molecule has 0 fully saturated rings. The zero-order chi connectivity index (χ0) is 28.1. The Bertz CT molecular complexity index is 1480. The quantitative estimate of drug-likeness (QED) is 0.241. The van der Waals surface area contributed by atoms with Gasteiger partial charge in [0.1, 0.15) is 0 Å². The van der Waals surface area contributed by atoms with Crippen molar-refractivity contribution in [3.8, 4) is 0 Å². The van der Waals surface area contributed by atoms with E-state index in [2.05, 4.69) is 29.4 Å². The first-order valence-electron chi connectivity index (χ1n) is 11.1. The number of nitrogens with two attached hydrogens (primary N) is 2. The van der Waals surface area contributed by atoms with Gasteiger partial charge in [0.25, 0.3) is 20.0 Å².